The highest BCUT2D eigenvalue weighted by molar-refractivity contribution is 5.95. The Bertz CT molecular complexity index is 993. The topological polar surface area (TPSA) is 73.6 Å². The number of pyridine rings is 1. The van der Waals surface area contributed by atoms with Gasteiger partial charge in [-0.1, -0.05) is 48.5 Å². The van der Waals surface area contributed by atoms with Gasteiger partial charge in [0.2, 0.25) is 12.3 Å². The lowest BCUT2D eigenvalue weighted by Crippen LogP contribution is -3.00. The molecule has 7 heteroatoms. The number of carbonyl (C=O) groups excluding carboxylic acids is 3. The van der Waals surface area contributed by atoms with Gasteiger partial charge in [-0.15, -0.1) is 0 Å². The van der Waals surface area contributed by atoms with E-state index in [2.05, 4.69) is 0 Å². The minimum Gasteiger partial charge on any atom is -1.00 e. The maximum absolute atomic E-state index is 12.3. The molecule has 0 atom stereocenters. The number of nitrogens with zero attached hydrogens (tertiary/aromatic N) is 1. The van der Waals surface area contributed by atoms with Crippen molar-refractivity contribution in [3.8, 4) is 0 Å². The van der Waals surface area contributed by atoms with Crippen LogP contribution in [0.4, 0.5) is 0 Å². The molecule has 6 nitrogen and oxygen atoms in total. The summed E-state index contributed by atoms with van der Waals surface area (Å²) >= 11 is 0. The van der Waals surface area contributed by atoms with Crippen LogP contribution in [0.25, 0.3) is 0 Å². The number of ketones is 1. The summed E-state index contributed by atoms with van der Waals surface area (Å²) in [6, 6.07) is 20.8. The summed E-state index contributed by atoms with van der Waals surface area (Å²) in [7, 11) is 0. The van der Waals surface area contributed by atoms with Gasteiger partial charge in [-0.3, -0.25) is 4.79 Å². The van der Waals surface area contributed by atoms with Gasteiger partial charge in [-0.05, 0) is 18.2 Å². The number of hydrogen-bond acceptors (Lipinski definition) is 5. The highest BCUT2D eigenvalue weighted by Gasteiger charge is 2.16. The third-order valence-corrected chi connectivity index (χ3v) is 4.08. The van der Waals surface area contributed by atoms with Gasteiger partial charge in [0, 0.05) is 11.6 Å². The quantitative estimate of drug-likeness (QED) is 0.199. The highest BCUT2D eigenvalue weighted by Crippen LogP contribution is 2.03. The van der Waals surface area contributed by atoms with Crippen LogP contribution in [-0.4, -0.2) is 30.9 Å². The van der Waals surface area contributed by atoms with Crippen molar-refractivity contribution in [3.63, 3.8) is 0 Å². The third-order valence-electron chi connectivity index (χ3n) is 4.08. The van der Waals surface area contributed by atoms with Gasteiger partial charge in [-0.25, -0.2) is 9.59 Å². The molecule has 0 unspecified atom stereocenters. The minimum atomic E-state index is -0.553. The van der Waals surface area contributed by atoms with E-state index in [1.54, 1.807) is 83.7 Å². The first-order valence-electron chi connectivity index (χ1n) is 9.10. The van der Waals surface area contributed by atoms with Crippen LogP contribution >= 0.6 is 0 Å². The van der Waals surface area contributed by atoms with Crippen LogP contribution in [0.3, 0.4) is 0 Å². The molecule has 0 spiro atoms. The molecule has 0 aliphatic rings. The summed E-state index contributed by atoms with van der Waals surface area (Å²) in [6.45, 7) is 0.00780. The molecule has 0 radical (unpaired) electrons. The molecule has 3 rings (SSSR count). The van der Waals surface area contributed by atoms with Crippen LogP contribution in [0.15, 0.2) is 85.2 Å². The molecule has 3 aromatic rings. The molecule has 2 aromatic carbocycles. The lowest BCUT2D eigenvalue weighted by atomic mass is 10.1. The van der Waals surface area contributed by atoms with Crippen molar-refractivity contribution in [2.75, 3.05) is 13.2 Å². The summed E-state index contributed by atoms with van der Waals surface area (Å²) in [5.74, 6) is -1.09. The number of hydrogen-bond donors (Lipinski definition) is 0. The van der Waals surface area contributed by atoms with Gasteiger partial charge in [0.1, 0.15) is 18.8 Å². The van der Waals surface area contributed by atoms with Crippen molar-refractivity contribution in [2.24, 2.45) is 0 Å². The van der Waals surface area contributed by atoms with Crippen LogP contribution in [-0.2, 0) is 16.0 Å². The van der Waals surface area contributed by atoms with Crippen LogP contribution in [0, 0.1) is 0 Å². The Kier molecular flexibility index (Phi) is 8.90. The van der Waals surface area contributed by atoms with Crippen molar-refractivity contribution in [2.45, 2.75) is 6.54 Å². The van der Waals surface area contributed by atoms with E-state index in [9.17, 15) is 14.4 Å². The molecule has 0 fully saturated rings. The van der Waals surface area contributed by atoms with Crippen LogP contribution < -0.4 is 21.5 Å². The molecule has 154 valence electrons. The Hall–Kier alpha value is -3.32. The first-order chi connectivity index (χ1) is 14.1. The van der Waals surface area contributed by atoms with E-state index in [0.717, 1.165) is 0 Å². The summed E-state index contributed by atoms with van der Waals surface area (Å²) in [5, 5.41) is 0. The Morgan fingerprint density at radius 1 is 0.667 bits per heavy atom. The maximum atomic E-state index is 12.3. The molecular formula is C23H20BrNO5. The van der Waals surface area contributed by atoms with Gasteiger partial charge in [0.15, 0.2) is 12.4 Å². The Labute approximate surface area is 184 Å². The molecule has 30 heavy (non-hydrogen) atoms. The number of ether oxygens (including phenoxy) is 2. The van der Waals surface area contributed by atoms with E-state index in [0.29, 0.717) is 16.7 Å². The number of rotatable bonds is 8. The van der Waals surface area contributed by atoms with Gasteiger partial charge in [0.25, 0.3) is 0 Å². The van der Waals surface area contributed by atoms with Crippen LogP contribution in [0.5, 0.6) is 0 Å². The second-order valence-electron chi connectivity index (χ2n) is 6.19. The first-order valence-corrected chi connectivity index (χ1v) is 9.10. The van der Waals surface area contributed by atoms with Crippen LogP contribution in [0.2, 0.25) is 0 Å². The zero-order valence-electron chi connectivity index (χ0n) is 16.1. The number of esters is 2. The molecule has 0 aliphatic heterocycles. The number of Topliss-reactive ketones (excluding diaryl/α,β-unsaturated/α-hetero) is 1. The van der Waals surface area contributed by atoms with E-state index in [1.807, 2.05) is 6.07 Å². The van der Waals surface area contributed by atoms with Crippen molar-refractivity contribution in [3.05, 3.63) is 102 Å². The number of carbonyl (C=O) groups is 3. The molecule has 0 saturated carbocycles. The minimum absolute atomic E-state index is 0. The number of halogens is 1. The van der Waals surface area contributed by atoms with Gasteiger partial charge >= 0.3 is 11.9 Å². The smallest absolute Gasteiger partial charge is 0.344 e. The van der Waals surface area contributed by atoms with E-state index >= 15 is 0 Å². The van der Waals surface area contributed by atoms with Gasteiger partial charge < -0.3 is 26.5 Å². The first kappa shape index (κ1) is 23.0. The lowest BCUT2D eigenvalue weighted by Gasteiger charge is -2.06. The largest absolute Gasteiger partial charge is 1.00 e. The standard InChI is InChI=1S/C23H20NO5.BrH/c25-21(18-8-3-1-4-9-18)17-24-13-7-12-20(16-24)23(27)29-15-14-28-22(26)19-10-5-2-6-11-19;/h1-13,16H,14-15,17H2;1H/q+1;/p-1. The van der Waals surface area contributed by atoms with Gasteiger partial charge in [-0.2, -0.15) is 4.57 Å². The Morgan fingerprint density at radius 2 is 1.17 bits per heavy atom. The predicted octanol–water partition coefficient (Wildman–Crippen LogP) is -0.125. The Balaban J connectivity index is 0.00000320. The maximum Gasteiger partial charge on any atom is 0.344 e. The summed E-state index contributed by atoms with van der Waals surface area (Å²) in [4.78, 5) is 36.3. The van der Waals surface area contributed by atoms with E-state index in [1.165, 1.54) is 0 Å². The lowest BCUT2D eigenvalue weighted by molar-refractivity contribution is -0.683. The average Bonchev–Trinajstić information content (AvgIpc) is 2.77. The van der Waals surface area contributed by atoms with E-state index in [-0.39, 0.29) is 42.5 Å². The van der Waals surface area contributed by atoms with Crippen LogP contribution in [0.1, 0.15) is 31.1 Å². The van der Waals surface area contributed by atoms with Gasteiger partial charge in [0.05, 0.1) is 5.56 Å². The predicted molar refractivity (Wildman–Crippen MR) is 104 cm³/mol. The molecular weight excluding hydrogens is 450 g/mol. The normalized spacial score (nSPS) is 9.87. The fourth-order valence-corrected chi connectivity index (χ4v) is 2.63. The summed E-state index contributed by atoms with van der Waals surface area (Å²) < 4.78 is 11.8. The molecule has 1 heterocycles. The Morgan fingerprint density at radius 3 is 1.77 bits per heavy atom. The summed E-state index contributed by atoms with van der Waals surface area (Å²) in [5.41, 5.74) is 1.35. The second-order valence-corrected chi connectivity index (χ2v) is 6.19. The fraction of sp³-hybridized carbons (Fsp3) is 0.130. The summed E-state index contributed by atoms with van der Waals surface area (Å²) in [6.07, 6.45) is 3.26. The fourth-order valence-electron chi connectivity index (χ4n) is 2.63. The van der Waals surface area contributed by atoms with Crippen molar-refractivity contribution < 1.29 is 45.4 Å². The van der Waals surface area contributed by atoms with Crippen molar-refractivity contribution >= 4 is 17.7 Å². The van der Waals surface area contributed by atoms with E-state index in [4.69, 9.17) is 9.47 Å². The number of benzene rings is 2. The van der Waals surface area contributed by atoms with E-state index < -0.39 is 11.9 Å². The zero-order chi connectivity index (χ0) is 20.5. The number of aromatic nitrogens is 1. The average molecular weight is 470 g/mol. The zero-order valence-corrected chi connectivity index (χ0v) is 17.7. The SMILES string of the molecule is O=C(C[n+]1cccc(C(=O)OCCOC(=O)c2ccccc2)c1)c1ccccc1.[Br-]. The second kappa shape index (κ2) is 11.6. The molecule has 1 aromatic heterocycles. The highest BCUT2D eigenvalue weighted by atomic mass is 79.9. The molecule has 0 saturated heterocycles. The molecule has 0 amide bonds. The monoisotopic (exact) mass is 469 g/mol. The van der Waals surface area contributed by atoms with Crippen molar-refractivity contribution in [1.29, 1.82) is 0 Å². The molecule has 0 aliphatic carbocycles. The molecule has 0 bridgehead atoms. The third kappa shape index (κ3) is 6.63. The molecule has 0 N–H and O–H groups in total. The van der Waals surface area contributed by atoms with Crippen molar-refractivity contribution in [1.82, 2.24) is 0 Å².